The van der Waals surface area contributed by atoms with Crippen LogP contribution in [0.5, 0.6) is 0 Å². The molecule has 108 valence electrons. The zero-order valence-electron chi connectivity index (χ0n) is 11.3. The van der Waals surface area contributed by atoms with Gasteiger partial charge in [0.25, 0.3) is 10.0 Å². The third-order valence-corrected chi connectivity index (χ3v) is 7.30. The molecule has 0 saturated heterocycles. The molecule has 1 fully saturated rings. The second kappa shape index (κ2) is 6.35. The van der Waals surface area contributed by atoms with Crippen LogP contribution in [0.2, 0.25) is 0 Å². The van der Waals surface area contributed by atoms with Crippen LogP contribution in [0.3, 0.4) is 0 Å². The van der Waals surface area contributed by atoms with E-state index < -0.39 is 10.0 Å². The molecule has 1 saturated carbocycles. The summed E-state index contributed by atoms with van der Waals surface area (Å²) in [4.78, 5) is 0.915. The molecule has 4 nitrogen and oxygen atoms in total. The molecule has 1 aliphatic carbocycles. The van der Waals surface area contributed by atoms with Crippen LogP contribution < -0.4 is 5.73 Å². The van der Waals surface area contributed by atoms with Crippen molar-refractivity contribution < 1.29 is 8.42 Å². The molecule has 19 heavy (non-hydrogen) atoms. The van der Waals surface area contributed by atoms with Crippen molar-refractivity contribution in [2.75, 3.05) is 6.54 Å². The standard InChI is InChI=1S/C13H22N2O2S2/c1-2-15(11-6-4-3-5-7-11)19(16,17)13-9-8-12(10-14)18-13/h8-9,11H,2-7,10,14H2,1H3. The Morgan fingerprint density at radius 1 is 1.32 bits per heavy atom. The molecule has 1 aliphatic rings. The second-order valence-corrected chi connectivity index (χ2v) is 8.21. The lowest BCUT2D eigenvalue weighted by Crippen LogP contribution is -2.40. The lowest BCUT2D eigenvalue weighted by Gasteiger charge is -2.32. The van der Waals surface area contributed by atoms with Crippen molar-refractivity contribution in [3.05, 3.63) is 17.0 Å². The number of sulfonamides is 1. The number of hydrogen-bond donors (Lipinski definition) is 1. The molecule has 0 aliphatic heterocycles. The van der Waals surface area contributed by atoms with E-state index in [4.69, 9.17) is 5.73 Å². The molecule has 2 rings (SSSR count). The molecule has 1 aromatic rings. The van der Waals surface area contributed by atoms with Gasteiger partial charge in [0, 0.05) is 24.0 Å². The van der Waals surface area contributed by atoms with E-state index in [1.807, 2.05) is 13.0 Å². The highest BCUT2D eigenvalue weighted by Gasteiger charge is 2.31. The highest BCUT2D eigenvalue weighted by atomic mass is 32.2. The number of hydrogen-bond acceptors (Lipinski definition) is 4. The zero-order valence-corrected chi connectivity index (χ0v) is 13.0. The van der Waals surface area contributed by atoms with Crippen LogP contribution in [0, 0.1) is 0 Å². The molecule has 0 unspecified atom stereocenters. The Hall–Kier alpha value is -0.430. The number of thiophene rings is 1. The Labute approximate surface area is 119 Å². The predicted molar refractivity (Wildman–Crippen MR) is 78.6 cm³/mol. The molecule has 0 radical (unpaired) electrons. The average molecular weight is 302 g/mol. The van der Waals surface area contributed by atoms with Crippen molar-refractivity contribution >= 4 is 21.4 Å². The number of rotatable bonds is 5. The van der Waals surface area contributed by atoms with E-state index in [1.54, 1.807) is 10.4 Å². The Bertz CT molecular complexity index is 504. The summed E-state index contributed by atoms with van der Waals surface area (Å²) in [5.41, 5.74) is 5.56. The van der Waals surface area contributed by atoms with E-state index in [-0.39, 0.29) is 6.04 Å². The van der Waals surface area contributed by atoms with E-state index in [0.717, 1.165) is 30.6 Å². The third-order valence-electron chi connectivity index (χ3n) is 3.69. The quantitative estimate of drug-likeness (QED) is 0.909. The van der Waals surface area contributed by atoms with Crippen LogP contribution in [0.25, 0.3) is 0 Å². The summed E-state index contributed by atoms with van der Waals surface area (Å²) in [5, 5.41) is 0. The number of nitrogens with zero attached hydrogens (tertiary/aromatic N) is 1. The SMILES string of the molecule is CCN(C1CCCCC1)S(=O)(=O)c1ccc(CN)s1. The zero-order chi connectivity index (χ0) is 13.9. The fourth-order valence-electron chi connectivity index (χ4n) is 2.72. The molecule has 0 atom stereocenters. The molecule has 6 heteroatoms. The first kappa shape index (κ1) is 15.0. The molecule has 0 spiro atoms. The maximum atomic E-state index is 12.7. The third kappa shape index (κ3) is 3.18. The van der Waals surface area contributed by atoms with Crippen molar-refractivity contribution in [3.63, 3.8) is 0 Å². The van der Waals surface area contributed by atoms with Gasteiger partial charge in [0.15, 0.2) is 0 Å². The van der Waals surface area contributed by atoms with E-state index in [2.05, 4.69) is 0 Å². The van der Waals surface area contributed by atoms with Crippen molar-refractivity contribution in [1.29, 1.82) is 0 Å². The summed E-state index contributed by atoms with van der Waals surface area (Å²) in [7, 11) is -3.34. The molecular formula is C13H22N2O2S2. The van der Waals surface area contributed by atoms with Gasteiger partial charge >= 0.3 is 0 Å². The van der Waals surface area contributed by atoms with E-state index in [9.17, 15) is 8.42 Å². The smallest absolute Gasteiger partial charge is 0.252 e. The molecule has 2 N–H and O–H groups in total. The van der Waals surface area contributed by atoms with Crippen molar-refractivity contribution in [3.8, 4) is 0 Å². The van der Waals surface area contributed by atoms with Crippen molar-refractivity contribution in [2.24, 2.45) is 5.73 Å². The summed E-state index contributed by atoms with van der Waals surface area (Å²) >= 11 is 1.29. The first-order chi connectivity index (χ1) is 9.09. The van der Waals surface area contributed by atoms with E-state index >= 15 is 0 Å². The molecule has 0 bridgehead atoms. The summed E-state index contributed by atoms with van der Waals surface area (Å²) in [5.74, 6) is 0. The Morgan fingerprint density at radius 3 is 2.53 bits per heavy atom. The first-order valence-corrected chi connectivity index (χ1v) is 9.16. The highest BCUT2D eigenvalue weighted by Crippen LogP contribution is 2.30. The van der Waals surface area contributed by atoms with Gasteiger partial charge in [-0.05, 0) is 25.0 Å². The Kier molecular flexibility index (Phi) is 5.00. The Morgan fingerprint density at radius 2 is 2.00 bits per heavy atom. The summed E-state index contributed by atoms with van der Waals surface area (Å²) in [6.45, 7) is 2.86. The fraction of sp³-hybridized carbons (Fsp3) is 0.692. The monoisotopic (exact) mass is 302 g/mol. The van der Waals surface area contributed by atoms with Gasteiger partial charge in [0.1, 0.15) is 4.21 Å². The van der Waals surface area contributed by atoms with Crippen LogP contribution in [0.15, 0.2) is 16.3 Å². The van der Waals surface area contributed by atoms with Crippen LogP contribution in [0.1, 0.15) is 43.9 Å². The lowest BCUT2D eigenvalue weighted by molar-refractivity contribution is 0.262. The van der Waals surface area contributed by atoms with Crippen LogP contribution in [-0.4, -0.2) is 25.3 Å². The molecule has 0 amide bonds. The summed E-state index contributed by atoms with van der Waals surface area (Å²) < 4.78 is 27.5. The van der Waals surface area contributed by atoms with Crippen LogP contribution in [-0.2, 0) is 16.6 Å². The molecule has 1 aromatic heterocycles. The predicted octanol–water partition coefficient (Wildman–Crippen LogP) is 2.55. The minimum atomic E-state index is -3.34. The highest BCUT2D eigenvalue weighted by molar-refractivity contribution is 7.91. The number of nitrogens with two attached hydrogens (primary N) is 1. The van der Waals surface area contributed by atoms with E-state index in [0.29, 0.717) is 17.3 Å². The average Bonchev–Trinajstić information content (AvgIpc) is 2.90. The second-order valence-electron chi connectivity index (χ2n) is 4.93. The molecule has 1 heterocycles. The minimum Gasteiger partial charge on any atom is -0.326 e. The van der Waals surface area contributed by atoms with Gasteiger partial charge in [-0.15, -0.1) is 11.3 Å². The van der Waals surface area contributed by atoms with Crippen LogP contribution >= 0.6 is 11.3 Å². The molecular weight excluding hydrogens is 280 g/mol. The summed E-state index contributed by atoms with van der Waals surface area (Å²) in [6, 6.07) is 3.67. The molecule has 0 aromatic carbocycles. The van der Waals surface area contributed by atoms with Gasteiger partial charge in [-0.2, -0.15) is 4.31 Å². The van der Waals surface area contributed by atoms with Gasteiger partial charge < -0.3 is 5.73 Å². The topological polar surface area (TPSA) is 63.4 Å². The maximum absolute atomic E-state index is 12.7. The first-order valence-electron chi connectivity index (χ1n) is 6.90. The lowest BCUT2D eigenvalue weighted by atomic mass is 9.95. The van der Waals surface area contributed by atoms with Gasteiger partial charge in [-0.1, -0.05) is 26.2 Å². The maximum Gasteiger partial charge on any atom is 0.252 e. The van der Waals surface area contributed by atoms with Gasteiger partial charge in [0.05, 0.1) is 0 Å². The van der Waals surface area contributed by atoms with Crippen molar-refractivity contribution in [2.45, 2.75) is 55.8 Å². The van der Waals surface area contributed by atoms with Gasteiger partial charge in [0.2, 0.25) is 0 Å². The van der Waals surface area contributed by atoms with E-state index in [1.165, 1.54) is 17.8 Å². The van der Waals surface area contributed by atoms with Crippen molar-refractivity contribution in [1.82, 2.24) is 4.31 Å². The summed E-state index contributed by atoms with van der Waals surface area (Å²) in [6.07, 6.45) is 5.47. The van der Waals surface area contributed by atoms with Gasteiger partial charge in [-0.25, -0.2) is 8.42 Å². The minimum absolute atomic E-state index is 0.173. The normalized spacial score (nSPS) is 18.1. The Balaban J connectivity index is 2.24. The van der Waals surface area contributed by atoms with Crippen LogP contribution in [0.4, 0.5) is 0 Å². The van der Waals surface area contributed by atoms with Gasteiger partial charge in [-0.3, -0.25) is 0 Å². The largest absolute Gasteiger partial charge is 0.326 e. The fourth-order valence-corrected chi connectivity index (χ4v) is 5.77.